The lowest BCUT2D eigenvalue weighted by atomic mass is 10.2. The molecular weight excluding hydrogens is 330 g/mol. The van der Waals surface area contributed by atoms with Crippen molar-refractivity contribution in [1.29, 1.82) is 0 Å². The Morgan fingerprint density at radius 3 is 2.92 bits per heavy atom. The fraction of sp³-hybridized carbons (Fsp3) is 0.286. The van der Waals surface area contributed by atoms with E-state index in [9.17, 15) is 10.1 Å². The molecule has 4 heterocycles. The van der Waals surface area contributed by atoms with E-state index >= 15 is 0 Å². The molecule has 0 aliphatic rings. The number of aromatic nitrogens is 6. The molecular formula is C14H13N7O2S. The average molecular weight is 343 g/mol. The second kappa shape index (κ2) is 5.34. The summed E-state index contributed by atoms with van der Waals surface area (Å²) in [5.74, 6) is 0.499. The van der Waals surface area contributed by atoms with E-state index in [-0.39, 0.29) is 5.82 Å². The Bertz CT molecular complexity index is 1080. The van der Waals surface area contributed by atoms with Gasteiger partial charge in [-0.25, -0.2) is 14.5 Å². The number of hydrogen-bond acceptors (Lipinski definition) is 7. The van der Waals surface area contributed by atoms with Gasteiger partial charge >= 0.3 is 5.82 Å². The van der Waals surface area contributed by atoms with Gasteiger partial charge in [0.2, 0.25) is 0 Å². The van der Waals surface area contributed by atoms with Gasteiger partial charge in [-0.15, -0.1) is 16.4 Å². The first kappa shape index (κ1) is 14.7. The molecule has 9 nitrogen and oxygen atoms in total. The molecule has 0 aliphatic heterocycles. The Morgan fingerprint density at radius 1 is 1.33 bits per heavy atom. The Labute approximate surface area is 139 Å². The Kier molecular flexibility index (Phi) is 3.27. The number of rotatable bonds is 4. The lowest BCUT2D eigenvalue weighted by molar-refractivity contribution is -0.389. The third-order valence-electron chi connectivity index (χ3n) is 3.93. The van der Waals surface area contributed by atoms with Crippen molar-refractivity contribution in [3.63, 3.8) is 0 Å². The highest BCUT2D eigenvalue weighted by Crippen LogP contribution is 2.30. The maximum atomic E-state index is 10.7. The molecule has 0 N–H and O–H groups in total. The normalized spacial score (nSPS) is 11.6. The molecule has 0 saturated carbocycles. The molecule has 0 bridgehead atoms. The predicted molar refractivity (Wildman–Crippen MR) is 88.2 cm³/mol. The fourth-order valence-electron chi connectivity index (χ4n) is 2.58. The molecule has 4 rings (SSSR count). The second-order valence-electron chi connectivity index (χ2n) is 5.45. The monoisotopic (exact) mass is 343 g/mol. The zero-order valence-electron chi connectivity index (χ0n) is 13.0. The van der Waals surface area contributed by atoms with Crippen molar-refractivity contribution < 1.29 is 4.92 Å². The van der Waals surface area contributed by atoms with Crippen LogP contribution in [0.1, 0.15) is 16.3 Å². The molecule has 122 valence electrons. The van der Waals surface area contributed by atoms with E-state index in [2.05, 4.69) is 34.0 Å². The predicted octanol–water partition coefficient (Wildman–Crippen LogP) is 2.30. The molecule has 10 heteroatoms. The zero-order valence-corrected chi connectivity index (χ0v) is 13.8. The van der Waals surface area contributed by atoms with Crippen molar-refractivity contribution in [3.05, 3.63) is 45.0 Å². The highest BCUT2D eigenvalue weighted by molar-refractivity contribution is 7.18. The summed E-state index contributed by atoms with van der Waals surface area (Å²) in [7, 11) is 0. The van der Waals surface area contributed by atoms with E-state index in [1.807, 2.05) is 0 Å². The molecule has 0 fully saturated rings. The highest BCUT2D eigenvalue weighted by atomic mass is 32.1. The van der Waals surface area contributed by atoms with Crippen LogP contribution in [0.15, 0.2) is 18.6 Å². The van der Waals surface area contributed by atoms with E-state index in [0.717, 1.165) is 15.9 Å². The maximum absolute atomic E-state index is 10.7. The molecule has 0 spiro atoms. The van der Waals surface area contributed by atoms with Crippen molar-refractivity contribution in [1.82, 2.24) is 29.4 Å². The average Bonchev–Trinajstić information content (AvgIpc) is 3.23. The van der Waals surface area contributed by atoms with Crippen LogP contribution in [0.25, 0.3) is 15.9 Å². The summed E-state index contributed by atoms with van der Waals surface area (Å²) in [5.41, 5.74) is 1.97. The van der Waals surface area contributed by atoms with E-state index < -0.39 is 4.92 Å². The third-order valence-corrected chi connectivity index (χ3v) is 5.04. The Hall–Kier alpha value is -2.88. The summed E-state index contributed by atoms with van der Waals surface area (Å²) in [5, 5.41) is 20.0. The van der Waals surface area contributed by atoms with Crippen LogP contribution in [0.3, 0.4) is 0 Å². The molecule has 0 saturated heterocycles. The van der Waals surface area contributed by atoms with E-state index in [0.29, 0.717) is 18.8 Å². The number of fused-ring (bicyclic) bond motifs is 3. The first-order valence-electron chi connectivity index (χ1n) is 7.31. The summed E-state index contributed by atoms with van der Waals surface area (Å²) in [6.45, 7) is 4.61. The topological polar surface area (TPSA) is 104 Å². The number of nitro groups is 1. The smallest absolute Gasteiger partial charge is 0.358 e. The first-order valence-corrected chi connectivity index (χ1v) is 8.12. The molecule has 0 radical (unpaired) electrons. The van der Waals surface area contributed by atoms with Gasteiger partial charge in [0.25, 0.3) is 0 Å². The number of hydrogen-bond donors (Lipinski definition) is 0. The van der Waals surface area contributed by atoms with Crippen LogP contribution in [0.2, 0.25) is 0 Å². The van der Waals surface area contributed by atoms with Crippen molar-refractivity contribution in [2.75, 3.05) is 0 Å². The molecule has 0 unspecified atom stereocenters. The SMILES string of the molecule is Cc1sc2ncn3nc(CCn4ccc([N+](=O)[O-])n4)nc3c2c1C. The van der Waals surface area contributed by atoms with Crippen LogP contribution in [0.5, 0.6) is 0 Å². The molecule has 0 amide bonds. The highest BCUT2D eigenvalue weighted by Gasteiger charge is 2.15. The van der Waals surface area contributed by atoms with Gasteiger partial charge in [-0.2, -0.15) is 4.68 Å². The Morgan fingerprint density at radius 2 is 2.17 bits per heavy atom. The first-order chi connectivity index (χ1) is 11.5. The lowest BCUT2D eigenvalue weighted by Gasteiger charge is -1.93. The second-order valence-corrected chi connectivity index (χ2v) is 6.65. The minimum atomic E-state index is -0.510. The summed E-state index contributed by atoms with van der Waals surface area (Å²) >= 11 is 1.65. The summed E-state index contributed by atoms with van der Waals surface area (Å²) < 4.78 is 3.21. The lowest BCUT2D eigenvalue weighted by Crippen LogP contribution is -2.04. The van der Waals surface area contributed by atoms with Gasteiger partial charge in [0, 0.05) is 11.3 Å². The summed E-state index contributed by atoms with van der Waals surface area (Å²) in [6, 6.07) is 1.38. The van der Waals surface area contributed by atoms with Gasteiger partial charge in [0.05, 0.1) is 29.3 Å². The minimum Gasteiger partial charge on any atom is -0.358 e. The van der Waals surface area contributed by atoms with Crippen LogP contribution >= 0.6 is 11.3 Å². The van der Waals surface area contributed by atoms with Crippen LogP contribution in [-0.4, -0.2) is 34.3 Å². The molecule has 24 heavy (non-hydrogen) atoms. The van der Waals surface area contributed by atoms with Gasteiger partial charge in [-0.05, 0) is 24.3 Å². The fourth-order valence-corrected chi connectivity index (χ4v) is 3.57. The van der Waals surface area contributed by atoms with Crippen molar-refractivity contribution >= 4 is 33.0 Å². The van der Waals surface area contributed by atoms with Crippen LogP contribution in [0.4, 0.5) is 5.82 Å². The van der Waals surface area contributed by atoms with Crippen molar-refractivity contribution in [2.45, 2.75) is 26.8 Å². The van der Waals surface area contributed by atoms with Gasteiger partial charge in [-0.1, -0.05) is 0 Å². The van der Waals surface area contributed by atoms with Gasteiger partial charge in [-0.3, -0.25) is 0 Å². The maximum Gasteiger partial charge on any atom is 0.389 e. The standard InChI is InChI=1S/C14H13N7O2S/c1-8-9(2)24-14-12(8)13-16-10(17-20(13)7-15-14)3-5-19-6-4-11(18-19)21(22)23/h4,6-7H,3,5H2,1-2H3. The zero-order chi connectivity index (χ0) is 16.8. The largest absolute Gasteiger partial charge is 0.389 e. The number of aryl methyl sites for hydroxylation is 4. The molecule has 0 atom stereocenters. The van der Waals surface area contributed by atoms with Gasteiger partial charge in [0.15, 0.2) is 11.5 Å². The number of nitrogens with zero attached hydrogens (tertiary/aromatic N) is 7. The van der Waals surface area contributed by atoms with Crippen LogP contribution in [-0.2, 0) is 13.0 Å². The molecule has 0 aliphatic carbocycles. The number of thiophene rings is 1. The van der Waals surface area contributed by atoms with E-state index in [4.69, 9.17) is 0 Å². The van der Waals surface area contributed by atoms with Crippen LogP contribution in [0, 0.1) is 24.0 Å². The molecule has 4 aromatic rings. The third kappa shape index (κ3) is 2.31. The van der Waals surface area contributed by atoms with Crippen molar-refractivity contribution in [3.8, 4) is 0 Å². The summed E-state index contributed by atoms with van der Waals surface area (Å²) in [4.78, 5) is 21.4. The van der Waals surface area contributed by atoms with Gasteiger partial charge < -0.3 is 10.1 Å². The van der Waals surface area contributed by atoms with Gasteiger partial charge in [0.1, 0.15) is 11.2 Å². The molecule has 0 aromatic carbocycles. The van der Waals surface area contributed by atoms with Crippen molar-refractivity contribution in [2.24, 2.45) is 0 Å². The van der Waals surface area contributed by atoms with E-state index in [1.165, 1.54) is 21.2 Å². The Balaban J connectivity index is 1.65. The molecule has 4 aromatic heterocycles. The minimum absolute atomic E-state index is 0.159. The quantitative estimate of drug-likeness (QED) is 0.416. The van der Waals surface area contributed by atoms with E-state index in [1.54, 1.807) is 28.4 Å². The van der Waals surface area contributed by atoms with Crippen LogP contribution < -0.4 is 0 Å². The summed E-state index contributed by atoms with van der Waals surface area (Å²) in [6.07, 6.45) is 3.78.